The first-order chi connectivity index (χ1) is 10.5. The Bertz CT molecular complexity index is 691. The number of carbonyl (C=O) groups excluding carboxylic acids is 1. The lowest BCUT2D eigenvalue weighted by Gasteiger charge is -2.11. The smallest absolute Gasteiger partial charge is 0.255 e. The number of aryl methyl sites for hydroxylation is 1. The van der Waals surface area contributed by atoms with E-state index in [1.54, 1.807) is 26.4 Å². The molecule has 1 heterocycles. The van der Waals surface area contributed by atoms with E-state index in [1.807, 2.05) is 25.1 Å². The number of nitrogens with zero attached hydrogens (tertiary/aromatic N) is 1. The maximum atomic E-state index is 11.5. The number of carbonyl (C=O) groups is 1. The first-order valence-electron chi connectivity index (χ1n) is 6.56. The first-order valence-corrected chi connectivity index (χ1v) is 7.92. The maximum absolute atomic E-state index is 11.5. The second-order valence-corrected chi connectivity index (χ2v) is 5.85. The zero-order chi connectivity index (χ0) is 16.1. The number of hydrogen-bond donors (Lipinski definition) is 0. The van der Waals surface area contributed by atoms with Gasteiger partial charge in [-0.25, -0.2) is 4.98 Å². The summed E-state index contributed by atoms with van der Waals surface area (Å²) in [5.41, 5.74) is 2.25. The number of pyridine rings is 1. The highest BCUT2D eigenvalue weighted by atomic mass is 35.5. The lowest BCUT2D eigenvalue weighted by atomic mass is 10.2. The highest BCUT2D eigenvalue weighted by Crippen LogP contribution is 2.32. The standard InChI is InChI=1S/C16H16ClNO3S/c1-10-4-7-13(15(17)19)16(18-10)22-9-11-5-6-12(20-2)8-14(11)21-3/h4-8H,9H2,1-3H3. The minimum atomic E-state index is -0.503. The van der Waals surface area contributed by atoms with Crippen LogP contribution in [0.25, 0.3) is 0 Å². The van der Waals surface area contributed by atoms with Gasteiger partial charge in [0.05, 0.1) is 19.8 Å². The van der Waals surface area contributed by atoms with E-state index >= 15 is 0 Å². The fourth-order valence-electron chi connectivity index (χ4n) is 1.91. The van der Waals surface area contributed by atoms with E-state index in [-0.39, 0.29) is 0 Å². The van der Waals surface area contributed by atoms with Crippen LogP contribution in [0.1, 0.15) is 21.6 Å². The number of thioether (sulfide) groups is 1. The predicted octanol–water partition coefficient (Wildman–Crippen LogP) is 4.08. The zero-order valence-corrected chi connectivity index (χ0v) is 14.1. The van der Waals surface area contributed by atoms with Crippen LogP contribution in [-0.2, 0) is 5.75 Å². The molecule has 0 bridgehead atoms. The Balaban J connectivity index is 2.23. The van der Waals surface area contributed by atoms with Crippen molar-refractivity contribution in [3.05, 3.63) is 47.2 Å². The first kappa shape index (κ1) is 16.6. The zero-order valence-electron chi connectivity index (χ0n) is 12.6. The third-order valence-electron chi connectivity index (χ3n) is 3.07. The minimum Gasteiger partial charge on any atom is -0.497 e. The van der Waals surface area contributed by atoms with Crippen molar-refractivity contribution in [1.82, 2.24) is 4.98 Å². The largest absolute Gasteiger partial charge is 0.497 e. The average molecular weight is 338 g/mol. The maximum Gasteiger partial charge on any atom is 0.255 e. The fraction of sp³-hybridized carbons (Fsp3) is 0.250. The minimum absolute atomic E-state index is 0.421. The summed E-state index contributed by atoms with van der Waals surface area (Å²) in [6.07, 6.45) is 0. The molecule has 0 saturated heterocycles. The Morgan fingerprint density at radius 1 is 1.23 bits per heavy atom. The van der Waals surface area contributed by atoms with Gasteiger partial charge < -0.3 is 9.47 Å². The third-order valence-corrected chi connectivity index (χ3v) is 4.31. The van der Waals surface area contributed by atoms with Crippen LogP contribution in [0.3, 0.4) is 0 Å². The molecule has 0 atom stereocenters. The van der Waals surface area contributed by atoms with Gasteiger partial charge in [0.2, 0.25) is 0 Å². The normalized spacial score (nSPS) is 10.4. The van der Waals surface area contributed by atoms with Crippen molar-refractivity contribution in [2.24, 2.45) is 0 Å². The highest BCUT2D eigenvalue weighted by molar-refractivity contribution is 7.98. The summed E-state index contributed by atoms with van der Waals surface area (Å²) in [6.45, 7) is 1.88. The van der Waals surface area contributed by atoms with E-state index in [0.29, 0.717) is 16.3 Å². The molecule has 1 aromatic heterocycles. The van der Waals surface area contributed by atoms with Crippen LogP contribution in [0.4, 0.5) is 0 Å². The van der Waals surface area contributed by atoms with Gasteiger partial charge in [0.15, 0.2) is 0 Å². The molecule has 0 unspecified atom stereocenters. The molecular formula is C16H16ClNO3S. The van der Waals surface area contributed by atoms with Crippen LogP contribution in [0.5, 0.6) is 11.5 Å². The summed E-state index contributed by atoms with van der Waals surface area (Å²) in [7, 11) is 3.22. The van der Waals surface area contributed by atoms with Gasteiger partial charge in [-0.1, -0.05) is 6.07 Å². The van der Waals surface area contributed by atoms with Crippen molar-refractivity contribution in [2.45, 2.75) is 17.7 Å². The van der Waals surface area contributed by atoms with Crippen LogP contribution >= 0.6 is 23.4 Å². The Hall–Kier alpha value is -1.72. The SMILES string of the molecule is COc1ccc(CSc2nc(C)ccc2C(=O)Cl)c(OC)c1. The number of halogens is 1. The second kappa shape index (κ2) is 7.51. The summed E-state index contributed by atoms with van der Waals surface area (Å²) in [6, 6.07) is 9.10. The number of rotatable bonds is 6. The van der Waals surface area contributed by atoms with Crippen LogP contribution in [-0.4, -0.2) is 24.4 Å². The van der Waals surface area contributed by atoms with Crippen molar-refractivity contribution in [3.8, 4) is 11.5 Å². The molecule has 0 spiro atoms. The van der Waals surface area contributed by atoms with Crippen LogP contribution in [0, 0.1) is 6.92 Å². The van der Waals surface area contributed by atoms with Gasteiger partial charge in [0, 0.05) is 23.1 Å². The Labute approximate surface area is 138 Å². The van der Waals surface area contributed by atoms with Gasteiger partial charge in [-0.05, 0) is 36.7 Å². The summed E-state index contributed by atoms with van der Waals surface area (Å²) in [5.74, 6) is 2.08. The number of hydrogen-bond acceptors (Lipinski definition) is 5. The van der Waals surface area contributed by atoms with Crippen LogP contribution in [0.2, 0.25) is 0 Å². The summed E-state index contributed by atoms with van der Waals surface area (Å²) in [4.78, 5) is 15.9. The number of ether oxygens (including phenoxy) is 2. The molecule has 0 fully saturated rings. The monoisotopic (exact) mass is 337 g/mol. The van der Waals surface area contributed by atoms with Crippen molar-refractivity contribution in [3.63, 3.8) is 0 Å². The van der Waals surface area contributed by atoms with E-state index in [9.17, 15) is 4.79 Å². The Morgan fingerprint density at radius 3 is 2.64 bits per heavy atom. The molecule has 0 aliphatic rings. The van der Waals surface area contributed by atoms with E-state index in [2.05, 4.69) is 4.98 Å². The van der Waals surface area contributed by atoms with Crippen LogP contribution in [0.15, 0.2) is 35.4 Å². The van der Waals surface area contributed by atoms with E-state index in [1.165, 1.54) is 11.8 Å². The molecule has 0 amide bonds. The summed E-state index contributed by atoms with van der Waals surface area (Å²) in [5, 5.41) is 0.120. The van der Waals surface area contributed by atoms with Crippen molar-refractivity contribution >= 4 is 28.6 Å². The second-order valence-electron chi connectivity index (χ2n) is 4.55. The lowest BCUT2D eigenvalue weighted by Crippen LogP contribution is -1.98. The van der Waals surface area contributed by atoms with Gasteiger partial charge in [-0.15, -0.1) is 11.8 Å². The summed E-state index contributed by atoms with van der Waals surface area (Å²) < 4.78 is 10.6. The molecule has 2 aromatic rings. The summed E-state index contributed by atoms with van der Waals surface area (Å²) >= 11 is 7.06. The third kappa shape index (κ3) is 3.93. The molecule has 1 aromatic carbocycles. The molecule has 6 heteroatoms. The van der Waals surface area contributed by atoms with Gasteiger partial charge in [0.25, 0.3) is 5.24 Å². The molecule has 0 aliphatic heterocycles. The van der Waals surface area contributed by atoms with Gasteiger partial charge in [-0.2, -0.15) is 0 Å². The van der Waals surface area contributed by atoms with Crippen molar-refractivity contribution in [1.29, 1.82) is 0 Å². The van der Waals surface area contributed by atoms with E-state index in [4.69, 9.17) is 21.1 Å². The molecule has 0 aliphatic carbocycles. The van der Waals surface area contributed by atoms with Crippen molar-refractivity contribution < 1.29 is 14.3 Å². The highest BCUT2D eigenvalue weighted by Gasteiger charge is 2.13. The Morgan fingerprint density at radius 2 is 2.00 bits per heavy atom. The molecule has 2 rings (SSSR count). The molecule has 0 saturated carbocycles. The van der Waals surface area contributed by atoms with Crippen LogP contribution < -0.4 is 9.47 Å². The molecule has 4 nitrogen and oxygen atoms in total. The van der Waals surface area contributed by atoms with Gasteiger partial charge in [-0.3, -0.25) is 4.79 Å². The van der Waals surface area contributed by atoms with E-state index in [0.717, 1.165) is 22.8 Å². The lowest BCUT2D eigenvalue weighted by molar-refractivity contribution is 0.107. The quantitative estimate of drug-likeness (QED) is 0.587. The predicted molar refractivity (Wildman–Crippen MR) is 88.3 cm³/mol. The number of aromatic nitrogens is 1. The molecule has 0 radical (unpaired) electrons. The molecule has 22 heavy (non-hydrogen) atoms. The average Bonchev–Trinajstić information content (AvgIpc) is 2.52. The van der Waals surface area contributed by atoms with Gasteiger partial charge >= 0.3 is 0 Å². The van der Waals surface area contributed by atoms with E-state index < -0.39 is 5.24 Å². The fourth-order valence-corrected chi connectivity index (χ4v) is 3.17. The molecule has 0 N–H and O–H groups in total. The number of benzene rings is 1. The Kier molecular flexibility index (Phi) is 5.69. The molecule has 116 valence electrons. The topological polar surface area (TPSA) is 48.4 Å². The number of methoxy groups -OCH3 is 2. The molecular weight excluding hydrogens is 322 g/mol. The van der Waals surface area contributed by atoms with Crippen molar-refractivity contribution in [2.75, 3.05) is 14.2 Å². The van der Waals surface area contributed by atoms with Gasteiger partial charge in [0.1, 0.15) is 16.5 Å².